The van der Waals surface area contributed by atoms with Crippen molar-refractivity contribution in [1.29, 1.82) is 0 Å². The number of hydrogen-bond donors (Lipinski definition) is 1. The molecule has 1 aromatic carbocycles. The van der Waals surface area contributed by atoms with Gasteiger partial charge in [0.05, 0.1) is 7.11 Å². The molecule has 1 unspecified atom stereocenters. The number of benzene rings is 1. The van der Waals surface area contributed by atoms with Gasteiger partial charge in [0.2, 0.25) is 0 Å². The van der Waals surface area contributed by atoms with Gasteiger partial charge in [-0.1, -0.05) is 0 Å². The van der Waals surface area contributed by atoms with Crippen LogP contribution in [0.3, 0.4) is 0 Å². The van der Waals surface area contributed by atoms with E-state index in [9.17, 15) is 0 Å². The maximum Gasteiger partial charge on any atom is 0.119 e. The molecular formula is C17H26N2O. The summed E-state index contributed by atoms with van der Waals surface area (Å²) in [5.74, 6) is 1.77. The van der Waals surface area contributed by atoms with Gasteiger partial charge >= 0.3 is 0 Å². The van der Waals surface area contributed by atoms with E-state index < -0.39 is 0 Å². The zero-order valence-electron chi connectivity index (χ0n) is 12.5. The van der Waals surface area contributed by atoms with Crippen molar-refractivity contribution >= 4 is 5.69 Å². The summed E-state index contributed by atoms with van der Waals surface area (Å²) in [6.07, 6.45) is 6.50. The van der Waals surface area contributed by atoms with Gasteiger partial charge in [-0.2, -0.15) is 0 Å². The van der Waals surface area contributed by atoms with Crippen molar-refractivity contribution in [2.75, 3.05) is 38.2 Å². The molecule has 2 aliphatic rings. The topological polar surface area (TPSA) is 24.5 Å². The van der Waals surface area contributed by atoms with E-state index in [2.05, 4.69) is 28.4 Å². The highest BCUT2D eigenvalue weighted by Gasteiger charge is 2.20. The molecule has 110 valence electrons. The SMILES string of the molecule is COc1ccc(N2CCCC2)c(CC2CCCNC2)c1. The van der Waals surface area contributed by atoms with Crippen molar-refractivity contribution in [3.63, 3.8) is 0 Å². The molecule has 2 saturated heterocycles. The highest BCUT2D eigenvalue weighted by atomic mass is 16.5. The fourth-order valence-electron chi connectivity index (χ4n) is 3.53. The summed E-state index contributed by atoms with van der Waals surface area (Å²) in [7, 11) is 1.76. The number of methoxy groups -OCH3 is 1. The molecule has 0 radical (unpaired) electrons. The molecule has 2 heterocycles. The fourth-order valence-corrected chi connectivity index (χ4v) is 3.53. The third-order valence-electron chi connectivity index (χ3n) is 4.64. The number of piperidine rings is 1. The normalized spacial score (nSPS) is 23.1. The Kier molecular flexibility index (Phi) is 4.46. The molecule has 0 amide bonds. The highest BCUT2D eigenvalue weighted by molar-refractivity contribution is 5.57. The van der Waals surface area contributed by atoms with E-state index in [0.29, 0.717) is 0 Å². The highest BCUT2D eigenvalue weighted by Crippen LogP contribution is 2.31. The Morgan fingerprint density at radius 3 is 2.80 bits per heavy atom. The van der Waals surface area contributed by atoms with Crippen molar-refractivity contribution in [2.45, 2.75) is 32.1 Å². The van der Waals surface area contributed by atoms with Crippen LogP contribution in [-0.2, 0) is 6.42 Å². The molecular weight excluding hydrogens is 248 g/mol. The summed E-state index contributed by atoms with van der Waals surface area (Å²) in [6, 6.07) is 6.62. The standard InChI is InChI=1S/C17H26N2O/c1-20-16-6-7-17(19-9-2-3-10-19)15(12-16)11-14-5-4-8-18-13-14/h6-7,12,14,18H,2-5,8-11,13H2,1H3. The Morgan fingerprint density at radius 2 is 2.10 bits per heavy atom. The maximum atomic E-state index is 5.43. The van der Waals surface area contributed by atoms with E-state index in [1.165, 1.54) is 63.0 Å². The van der Waals surface area contributed by atoms with Gasteiger partial charge in [-0.05, 0) is 74.9 Å². The largest absolute Gasteiger partial charge is 0.497 e. The van der Waals surface area contributed by atoms with E-state index in [1.54, 1.807) is 7.11 Å². The Hall–Kier alpha value is -1.22. The second kappa shape index (κ2) is 6.49. The van der Waals surface area contributed by atoms with E-state index in [1.807, 2.05) is 0 Å². The molecule has 2 aliphatic heterocycles. The second-order valence-electron chi connectivity index (χ2n) is 6.11. The van der Waals surface area contributed by atoms with Crippen LogP contribution in [0.5, 0.6) is 5.75 Å². The minimum absolute atomic E-state index is 0.775. The summed E-state index contributed by atoms with van der Waals surface area (Å²) < 4.78 is 5.43. The second-order valence-corrected chi connectivity index (χ2v) is 6.11. The van der Waals surface area contributed by atoms with Crippen LogP contribution in [0.4, 0.5) is 5.69 Å². The Bertz CT molecular complexity index is 435. The number of hydrogen-bond acceptors (Lipinski definition) is 3. The minimum atomic E-state index is 0.775. The van der Waals surface area contributed by atoms with Crippen molar-refractivity contribution in [3.8, 4) is 5.75 Å². The molecule has 0 aliphatic carbocycles. The first-order chi connectivity index (χ1) is 9.86. The predicted octanol–water partition coefficient (Wildman–Crippen LogP) is 2.84. The molecule has 1 atom stereocenters. The first-order valence-corrected chi connectivity index (χ1v) is 7.99. The van der Waals surface area contributed by atoms with Crippen LogP contribution in [0.2, 0.25) is 0 Å². The zero-order valence-corrected chi connectivity index (χ0v) is 12.5. The van der Waals surface area contributed by atoms with Crippen LogP contribution in [0.25, 0.3) is 0 Å². The first-order valence-electron chi connectivity index (χ1n) is 7.99. The molecule has 3 nitrogen and oxygen atoms in total. The summed E-state index contributed by atoms with van der Waals surface area (Å²) >= 11 is 0. The van der Waals surface area contributed by atoms with Gasteiger partial charge in [-0.15, -0.1) is 0 Å². The van der Waals surface area contributed by atoms with Crippen molar-refractivity contribution in [3.05, 3.63) is 23.8 Å². The average molecular weight is 274 g/mol. The van der Waals surface area contributed by atoms with E-state index >= 15 is 0 Å². The van der Waals surface area contributed by atoms with E-state index in [-0.39, 0.29) is 0 Å². The maximum absolute atomic E-state index is 5.43. The summed E-state index contributed by atoms with van der Waals surface area (Å²) in [6.45, 7) is 4.77. The van der Waals surface area contributed by atoms with Crippen LogP contribution in [-0.4, -0.2) is 33.3 Å². The lowest BCUT2D eigenvalue weighted by atomic mass is 9.91. The Morgan fingerprint density at radius 1 is 1.25 bits per heavy atom. The lowest BCUT2D eigenvalue weighted by Crippen LogP contribution is -2.31. The van der Waals surface area contributed by atoms with Gasteiger partial charge in [-0.3, -0.25) is 0 Å². The number of nitrogens with zero attached hydrogens (tertiary/aromatic N) is 1. The molecule has 3 heteroatoms. The number of anilines is 1. The van der Waals surface area contributed by atoms with Gasteiger partial charge in [-0.25, -0.2) is 0 Å². The number of rotatable bonds is 4. The van der Waals surface area contributed by atoms with Crippen LogP contribution >= 0.6 is 0 Å². The Balaban J connectivity index is 1.80. The molecule has 2 fully saturated rings. The number of ether oxygens (including phenoxy) is 1. The Labute approximate surface area is 122 Å². The molecule has 20 heavy (non-hydrogen) atoms. The van der Waals surface area contributed by atoms with Crippen LogP contribution in [0, 0.1) is 5.92 Å². The lowest BCUT2D eigenvalue weighted by Gasteiger charge is -2.27. The molecule has 0 bridgehead atoms. The van der Waals surface area contributed by atoms with Gasteiger partial charge in [0, 0.05) is 18.8 Å². The average Bonchev–Trinajstić information content (AvgIpc) is 3.02. The quantitative estimate of drug-likeness (QED) is 0.913. The smallest absolute Gasteiger partial charge is 0.119 e. The van der Waals surface area contributed by atoms with Gasteiger partial charge in [0.25, 0.3) is 0 Å². The molecule has 1 N–H and O–H groups in total. The fraction of sp³-hybridized carbons (Fsp3) is 0.647. The van der Waals surface area contributed by atoms with Crippen LogP contribution in [0.15, 0.2) is 18.2 Å². The van der Waals surface area contributed by atoms with E-state index in [4.69, 9.17) is 4.74 Å². The van der Waals surface area contributed by atoms with Gasteiger partial charge in [0.1, 0.15) is 5.75 Å². The third kappa shape index (κ3) is 3.09. The molecule has 0 aromatic heterocycles. The molecule has 0 spiro atoms. The summed E-state index contributed by atoms with van der Waals surface area (Å²) in [5, 5.41) is 3.53. The van der Waals surface area contributed by atoms with Crippen molar-refractivity contribution < 1.29 is 4.74 Å². The van der Waals surface area contributed by atoms with Crippen molar-refractivity contribution in [2.24, 2.45) is 5.92 Å². The van der Waals surface area contributed by atoms with Crippen molar-refractivity contribution in [1.82, 2.24) is 5.32 Å². The minimum Gasteiger partial charge on any atom is -0.497 e. The van der Waals surface area contributed by atoms with E-state index in [0.717, 1.165) is 18.2 Å². The summed E-state index contributed by atoms with van der Waals surface area (Å²) in [4.78, 5) is 2.55. The molecule has 0 saturated carbocycles. The van der Waals surface area contributed by atoms with Gasteiger partial charge < -0.3 is 15.0 Å². The monoisotopic (exact) mass is 274 g/mol. The zero-order chi connectivity index (χ0) is 13.8. The lowest BCUT2D eigenvalue weighted by molar-refractivity contribution is 0.374. The molecule has 1 aromatic rings. The number of nitrogens with one attached hydrogen (secondary N) is 1. The third-order valence-corrected chi connectivity index (χ3v) is 4.64. The van der Waals surface area contributed by atoms with Crippen LogP contribution in [0.1, 0.15) is 31.2 Å². The first kappa shape index (κ1) is 13.7. The predicted molar refractivity (Wildman–Crippen MR) is 83.7 cm³/mol. The van der Waals surface area contributed by atoms with Crippen LogP contribution < -0.4 is 15.0 Å². The molecule has 3 rings (SSSR count). The van der Waals surface area contributed by atoms with Gasteiger partial charge in [0.15, 0.2) is 0 Å². The summed E-state index contributed by atoms with van der Waals surface area (Å²) in [5.41, 5.74) is 2.91.